The number of hydrogen-bond donors (Lipinski definition) is 1. The highest BCUT2D eigenvalue weighted by molar-refractivity contribution is 6.06. The van der Waals surface area contributed by atoms with E-state index in [0.29, 0.717) is 0 Å². The topological polar surface area (TPSA) is 32.6 Å². The second kappa shape index (κ2) is 4.88. The van der Waals surface area contributed by atoms with Crippen LogP contribution in [0.4, 0.5) is 0 Å². The molecule has 2 aromatic carbocycles. The molecular formula is C17H17NO. The van der Waals surface area contributed by atoms with E-state index in [1.54, 1.807) is 0 Å². The molecule has 0 amide bonds. The normalized spacial score (nSPS) is 17.2. The fourth-order valence-electron chi connectivity index (χ4n) is 2.70. The number of rotatable bonds is 4. The Morgan fingerprint density at radius 3 is 2.05 bits per heavy atom. The molecule has 1 aliphatic rings. The van der Waals surface area contributed by atoms with Crippen LogP contribution in [0.3, 0.4) is 0 Å². The van der Waals surface area contributed by atoms with Gasteiger partial charge in [-0.3, -0.25) is 0 Å². The predicted molar refractivity (Wildman–Crippen MR) is 76.6 cm³/mol. The van der Waals surface area contributed by atoms with Crippen molar-refractivity contribution in [3.05, 3.63) is 71.8 Å². The molecule has 96 valence electrons. The molecule has 1 aliphatic carbocycles. The SMILES string of the molecule is O/N=C(/c1ccccc1)C1(Cc2ccccc2)CC1. The minimum atomic E-state index is 0.0253. The van der Waals surface area contributed by atoms with Gasteiger partial charge in [0, 0.05) is 5.41 Å². The minimum Gasteiger partial charge on any atom is -0.411 e. The van der Waals surface area contributed by atoms with Crippen LogP contribution < -0.4 is 0 Å². The van der Waals surface area contributed by atoms with Crippen molar-refractivity contribution in [1.29, 1.82) is 0 Å². The third kappa shape index (κ3) is 2.39. The third-order valence-electron chi connectivity index (χ3n) is 3.89. The highest BCUT2D eigenvalue weighted by Gasteiger charge is 2.48. The van der Waals surface area contributed by atoms with E-state index in [1.165, 1.54) is 5.56 Å². The van der Waals surface area contributed by atoms with Crippen molar-refractivity contribution < 1.29 is 5.21 Å². The summed E-state index contributed by atoms with van der Waals surface area (Å²) in [4.78, 5) is 0. The Morgan fingerprint density at radius 1 is 0.947 bits per heavy atom. The lowest BCUT2D eigenvalue weighted by molar-refractivity contribution is 0.314. The van der Waals surface area contributed by atoms with Gasteiger partial charge < -0.3 is 5.21 Å². The standard InChI is InChI=1S/C17H17NO/c19-18-16(15-9-5-2-6-10-15)17(11-12-17)13-14-7-3-1-4-8-14/h1-10,19H,11-13H2/b18-16-. The number of nitrogens with zero attached hydrogens (tertiary/aromatic N) is 1. The van der Waals surface area contributed by atoms with Crippen LogP contribution in [0.25, 0.3) is 0 Å². The summed E-state index contributed by atoms with van der Waals surface area (Å²) < 4.78 is 0. The van der Waals surface area contributed by atoms with Crippen LogP contribution in [0.5, 0.6) is 0 Å². The van der Waals surface area contributed by atoms with Crippen molar-refractivity contribution in [3.8, 4) is 0 Å². The van der Waals surface area contributed by atoms with Crippen LogP contribution >= 0.6 is 0 Å². The van der Waals surface area contributed by atoms with Crippen molar-refractivity contribution in [2.24, 2.45) is 10.6 Å². The van der Waals surface area contributed by atoms with Crippen LogP contribution in [-0.2, 0) is 6.42 Å². The summed E-state index contributed by atoms with van der Waals surface area (Å²) in [6.07, 6.45) is 3.13. The van der Waals surface area contributed by atoms with Crippen molar-refractivity contribution in [3.63, 3.8) is 0 Å². The molecule has 0 saturated heterocycles. The second-order valence-corrected chi connectivity index (χ2v) is 5.26. The molecule has 1 fully saturated rings. The largest absolute Gasteiger partial charge is 0.411 e. The van der Waals surface area contributed by atoms with E-state index >= 15 is 0 Å². The van der Waals surface area contributed by atoms with E-state index in [-0.39, 0.29) is 5.41 Å². The Bertz CT molecular complexity index is 571. The fourth-order valence-corrected chi connectivity index (χ4v) is 2.70. The van der Waals surface area contributed by atoms with Crippen LogP contribution in [-0.4, -0.2) is 10.9 Å². The number of oxime groups is 1. The Morgan fingerprint density at radius 2 is 1.53 bits per heavy atom. The summed E-state index contributed by atoms with van der Waals surface area (Å²) in [7, 11) is 0. The molecule has 0 aromatic heterocycles. The molecule has 2 aromatic rings. The first-order valence-corrected chi connectivity index (χ1v) is 6.66. The van der Waals surface area contributed by atoms with Crippen LogP contribution in [0.1, 0.15) is 24.0 Å². The van der Waals surface area contributed by atoms with Crippen LogP contribution in [0.2, 0.25) is 0 Å². The van der Waals surface area contributed by atoms with E-state index < -0.39 is 0 Å². The van der Waals surface area contributed by atoms with Crippen molar-refractivity contribution in [1.82, 2.24) is 0 Å². The molecule has 0 spiro atoms. The maximum atomic E-state index is 9.42. The second-order valence-electron chi connectivity index (χ2n) is 5.26. The maximum Gasteiger partial charge on any atom is 0.0932 e. The molecule has 0 aliphatic heterocycles. The van der Waals surface area contributed by atoms with Gasteiger partial charge in [0.2, 0.25) is 0 Å². The molecule has 19 heavy (non-hydrogen) atoms. The summed E-state index contributed by atoms with van der Waals surface area (Å²) in [6, 6.07) is 20.4. The highest BCUT2D eigenvalue weighted by atomic mass is 16.4. The van der Waals surface area contributed by atoms with Gasteiger partial charge in [-0.2, -0.15) is 0 Å². The minimum absolute atomic E-state index is 0.0253. The molecule has 2 nitrogen and oxygen atoms in total. The Labute approximate surface area is 113 Å². The van der Waals surface area contributed by atoms with Crippen LogP contribution in [0.15, 0.2) is 65.8 Å². The van der Waals surface area contributed by atoms with Crippen molar-refractivity contribution in [2.45, 2.75) is 19.3 Å². The van der Waals surface area contributed by atoms with Crippen LogP contribution in [0, 0.1) is 5.41 Å². The molecule has 1 saturated carbocycles. The molecule has 0 radical (unpaired) electrons. The predicted octanol–water partition coefficient (Wildman–Crippen LogP) is 3.89. The molecule has 0 heterocycles. The first-order chi connectivity index (χ1) is 9.34. The van der Waals surface area contributed by atoms with Gasteiger partial charge in [0.1, 0.15) is 0 Å². The summed E-state index contributed by atoms with van der Waals surface area (Å²) in [5, 5.41) is 13.0. The number of benzene rings is 2. The van der Waals surface area contributed by atoms with E-state index in [2.05, 4.69) is 29.4 Å². The Kier molecular flexibility index (Phi) is 3.08. The number of hydrogen-bond acceptors (Lipinski definition) is 2. The molecule has 3 rings (SSSR count). The smallest absolute Gasteiger partial charge is 0.0932 e. The van der Waals surface area contributed by atoms with Gasteiger partial charge in [-0.05, 0) is 30.4 Å². The highest BCUT2D eigenvalue weighted by Crippen LogP contribution is 2.51. The van der Waals surface area contributed by atoms with Gasteiger partial charge in [-0.15, -0.1) is 0 Å². The molecular weight excluding hydrogens is 234 g/mol. The molecule has 0 atom stereocenters. The van der Waals surface area contributed by atoms with Gasteiger partial charge in [0.15, 0.2) is 0 Å². The quantitative estimate of drug-likeness (QED) is 0.499. The first kappa shape index (κ1) is 12.0. The molecule has 2 heteroatoms. The van der Waals surface area contributed by atoms with E-state index in [4.69, 9.17) is 0 Å². The molecule has 0 bridgehead atoms. The zero-order chi connectivity index (χ0) is 13.1. The average Bonchev–Trinajstić information content (AvgIpc) is 3.22. The van der Waals surface area contributed by atoms with Gasteiger partial charge in [-0.1, -0.05) is 65.8 Å². The summed E-state index contributed by atoms with van der Waals surface area (Å²) in [5.74, 6) is 0. The third-order valence-corrected chi connectivity index (χ3v) is 3.89. The summed E-state index contributed by atoms with van der Waals surface area (Å²) in [5.41, 5.74) is 3.18. The molecule has 1 N–H and O–H groups in total. The van der Waals surface area contributed by atoms with E-state index in [1.807, 2.05) is 36.4 Å². The maximum absolute atomic E-state index is 9.42. The van der Waals surface area contributed by atoms with Gasteiger partial charge in [0.25, 0.3) is 0 Å². The Hall–Kier alpha value is -2.09. The Balaban J connectivity index is 1.88. The first-order valence-electron chi connectivity index (χ1n) is 6.66. The average molecular weight is 251 g/mol. The lowest BCUT2D eigenvalue weighted by Gasteiger charge is -2.17. The van der Waals surface area contributed by atoms with Crippen molar-refractivity contribution >= 4 is 5.71 Å². The lowest BCUT2D eigenvalue weighted by Crippen LogP contribution is -2.20. The van der Waals surface area contributed by atoms with E-state index in [0.717, 1.165) is 30.5 Å². The fraction of sp³-hybridized carbons (Fsp3) is 0.235. The zero-order valence-corrected chi connectivity index (χ0v) is 10.8. The van der Waals surface area contributed by atoms with Gasteiger partial charge in [0.05, 0.1) is 5.71 Å². The zero-order valence-electron chi connectivity index (χ0n) is 10.8. The summed E-state index contributed by atoms with van der Waals surface area (Å²) in [6.45, 7) is 0. The lowest BCUT2D eigenvalue weighted by atomic mass is 9.87. The van der Waals surface area contributed by atoms with E-state index in [9.17, 15) is 5.21 Å². The monoisotopic (exact) mass is 251 g/mol. The van der Waals surface area contributed by atoms with Crippen molar-refractivity contribution in [2.75, 3.05) is 0 Å². The van der Waals surface area contributed by atoms with Gasteiger partial charge >= 0.3 is 0 Å². The van der Waals surface area contributed by atoms with Gasteiger partial charge in [-0.25, -0.2) is 0 Å². The molecule has 0 unspecified atom stereocenters. The summed E-state index contributed by atoms with van der Waals surface area (Å²) >= 11 is 0.